The van der Waals surface area contributed by atoms with Crippen LogP contribution in [0.25, 0.3) is 11.7 Å². The fraction of sp³-hybridized carbons (Fsp3) is 0.143. The number of nitriles is 1. The summed E-state index contributed by atoms with van der Waals surface area (Å²) in [7, 11) is 0. The van der Waals surface area contributed by atoms with Crippen LogP contribution in [0.3, 0.4) is 0 Å². The number of pyridine rings is 1. The number of aryl methyl sites for hydroxylation is 2. The molecule has 1 amide bonds. The van der Waals surface area contributed by atoms with Crippen molar-refractivity contribution in [2.75, 3.05) is 11.9 Å². The van der Waals surface area contributed by atoms with Crippen molar-refractivity contribution in [3.05, 3.63) is 99.5 Å². The van der Waals surface area contributed by atoms with E-state index in [1.165, 1.54) is 10.5 Å². The normalized spacial score (nSPS) is 11.1. The van der Waals surface area contributed by atoms with E-state index < -0.39 is 11.5 Å². The number of anilines is 1. The number of hydrogen-bond donors (Lipinski definition) is 1. The maximum Gasteiger partial charge on any atom is 0.269 e. The monoisotopic (exact) mass is 480 g/mol. The van der Waals surface area contributed by atoms with E-state index in [4.69, 9.17) is 9.47 Å². The number of carbonyl (C=O) groups is 1. The van der Waals surface area contributed by atoms with Gasteiger partial charge in [0, 0.05) is 11.9 Å². The summed E-state index contributed by atoms with van der Waals surface area (Å²) in [5.41, 5.74) is 1.76. The van der Waals surface area contributed by atoms with Crippen LogP contribution in [-0.2, 0) is 4.79 Å². The highest BCUT2D eigenvalue weighted by molar-refractivity contribution is 6.09. The van der Waals surface area contributed by atoms with E-state index in [2.05, 4.69) is 10.3 Å². The third-order valence-electron chi connectivity index (χ3n) is 5.43. The Labute approximate surface area is 208 Å². The predicted octanol–water partition coefficient (Wildman–Crippen LogP) is 5.05. The largest absolute Gasteiger partial charge is 0.494 e. The molecular weight excluding hydrogens is 456 g/mol. The summed E-state index contributed by atoms with van der Waals surface area (Å²) in [4.78, 5) is 30.9. The zero-order valence-corrected chi connectivity index (χ0v) is 20.1. The van der Waals surface area contributed by atoms with Gasteiger partial charge < -0.3 is 14.8 Å². The highest BCUT2D eigenvalue weighted by Crippen LogP contribution is 2.27. The third-order valence-corrected chi connectivity index (χ3v) is 5.43. The maximum atomic E-state index is 13.5. The number of benzene rings is 2. The number of para-hydroxylation sites is 1. The molecule has 36 heavy (non-hydrogen) atoms. The lowest BCUT2D eigenvalue weighted by atomic mass is 10.1. The van der Waals surface area contributed by atoms with Crippen LogP contribution in [0.15, 0.2) is 77.2 Å². The summed E-state index contributed by atoms with van der Waals surface area (Å²) in [5, 5.41) is 12.4. The van der Waals surface area contributed by atoms with Crippen LogP contribution in [0.4, 0.5) is 5.69 Å². The molecule has 2 heterocycles. The first kappa shape index (κ1) is 24.2. The molecule has 8 heteroatoms. The number of carbonyl (C=O) groups excluding carboxylic acids is 1. The van der Waals surface area contributed by atoms with Gasteiger partial charge in [-0.3, -0.25) is 14.0 Å². The number of ether oxygens (including phenoxy) is 2. The van der Waals surface area contributed by atoms with Crippen LogP contribution in [0, 0.1) is 25.2 Å². The molecule has 2 aromatic carbocycles. The van der Waals surface area contributed by atoms with Crippen molar-refractivity contribution in [2.45, 2.75) is 20.8 Å². The lowest BCUT2D eigenvalue weighted by Gasteiger charge is -2.13. The molecule has 0 saturated carbocycles. The molecule has 1 N–H and O–H groups in total. The summed E-state index contributed by atoms with van der Waals surface area (Å²) in [6.07, 6.45) is 2.79. The van der Waals surface area contributed by atoms with Gasteiger partial charge in [0.1, 0.15) is 34.4 Å². The van der Waals surface area contributed by atoms with E-state index in [0.29, 0.717) is 29.4 Å². The molecule has 2 aromatic heterocycles. The summed E-state index contributed by atoms with van der Waals surface area (Å²) in [6.45, 7) is 6.10. The van der Waals surface area contributed by atoms with Gasteiger partial charge >= 0.3 is 0 Å². The fourth-order valence-corrected chi connectivity index (χ4v) is 3.56. The molecular formula is C28H24N4O4. The Kier molecular flexibility index (Phi) is 7.12. The predicted molar refractivity (Wildman–Crippen MR) is 137 cm³/mol. The van der Waals surface area contributed by atoms with Gasteiger partial charge in [-0.1, -0.05) is 24.3 Å². The molecule has 0 unspecified atom stereocenters. The molecule has 0 atom stereocenters. The number of aromatic nitrogens is 2. The molecule has 180 valence electrons. The van der Waals surface area contributed by atoms with E-state index >= 15 is 0 Å². The highest BCUT2D eigenvalue weighted by Gasteiger charge is 2.18. The zero-order chi connectivity index (χ0) is 25.7. The Morgan fingerprint density at radius 2 is 1.81 bits per heavy atom. The summed E-state index contributed by atoms with van der Waals surface area (Å²) in [6, 6.07) is 19.5. The Bertz CT molecular complexity index is 1560. The van der Waals surface area contributed by atoms with E-state index in [9.17, 15) is 14.9 Å². The minimum absolute atomic E-state index is 0.00483. The van der Waals surface area contributed by atoms with E-state index in [-0.39, 0.29) is 17.0 Å². The van der Waals surface area contributed by atoms with Gasteiger partial charge in [0.25, 0.3) is 11.5 Å². The number of amides is 1. The molecule has 0 radical (unpaired) electrons. The smallest absolute Gasteiger partial charge is 0.269 e. The van der Waals surface area contributed by atoms with Crippen molar-refractivity contribution in [2.24, 2.45) is 0 Å². The topological polar surface area (TPSA) is 106 Å². The van der Waals surface area contributed by atoms with Crippen LogP contribution in [-0.4, -0.2) is 21.9 Å². The van der Waals surface area contributed by atoms with Gasteiger partial charge in [-0.2, -0.15) is 10.2 Å². The van der Waals surface area contributed by atoms with Crippen molar-refractivity contribution in [1.82, 2.24) is 9.38 Å². The molecule has 4 aromatic rings. The second-order valence-electron chi connectivity index (χ2n) is 7.97. The average Bonchev–Trinajstić information content (AvgIpc) is 2.87. The first-order chi connectivity index (χ1) is 17.4. The molecule has 0 aliphatic carbocycles. The molecule has 0 spiro atoms. The average molecular weight is 481 g/mol. The van der Waals surface area contributed by atoms with Crippen molar-refractivity contribution in [3.63, 3.8) is 0 Å². The molecule has 0 aliphatic rings. The quantitative estimate of drug-likeness (QED) is 0.293. The molecule has 0 saturated heterocycles. The van der Waals surface area contributed by atoms with Crippen LogP contribution >= 0.6 is 0 Å². The Balaban J connectivity index is 1.78. The van der Waals surface area contributed by atoms with Gasteiger partial charge in [-0.25, -0.2) is 0 Å². The van der Waals surface area contributed by atoms with Gasteiger partial charge in [0.15, 0.2) is 0 Å². The first-order valence-corrected chi connectivity index (χ1v) is 11.3. The standard InChI is InChI=1S/C28H24N4O4/c1-4-35-22-13-11-21(12-14-22)30-26(33)20(17-29)16-23-27(36-24-10-6-5-8-18(24)2)31-25-19(3)9-7-15-32(25)28(23)34/h5-16H,4H2,1-3H3,(H,30,33)/b20-16+. The van der Waals surface area contributed by atoms with Crippen molar-refractivity contribution >= 4 is 23.3 Å². The SMILES string of the molecule is CCOc1ccc(NC(=O)/C(C#N)=C/c2c(Oc3ccccc3C)nc3c(C)cccn3c2=O)cc1. The Hall–Kier alpha value is -4.90. The molecule has 0 fully saturated rings. The van der Waals surface area contributed by atoms with Gasteiger partial charge in [0.2, 0.25) is 5.88 Å². The van der Waals surface area contributed by atoms with Crippen LogP contribution < -0.4 is 20.3 Å². The summed E-state index contributed by atoms with van der Waals surface area (Å²) >= 11 is 0. The number of nitrogens with one attached hydrogen (secondary N) is 1. The second-order valence-corrected chi connectivity index (χ2v) is 7.97. The highest BCUT2D eigenvalue weighted by atomic mass is 16.5. The fourth-order valence-electron chi connectivity index (χ4n) is 3.56. The summed E-state index contributed by atoms with van der Waals surface area (Å²) in [5.74, 6) is 0.506. The molecule has 0 bridgehead atoms. The Morgan fingerprint density at radius 1 is 1.08 bits per heavy atom. The first-order valence-electron chi connectivity index (χ1n) is 11.3. The minimum atomic E-state index is -0.669. The second kappa shape index (κ2) is 10.6. The van der Waals surface area contributed by atoms with Crippen LogP contribution in [0.1, 0.15) is 23.6 Å². The number of fused-ring (bicyclic) bond motifs is 1. The van der Waals surface area contributed by atoms with Crippen molar-refractivity contribution < 1.29 is 14.3 Å². The van der Waals surface area contributed by atoms with Gasteiger partial charge in [-0.15, -0.1) is 0 Å². The molecule has 0 aliphatic heterocycles. The number of rotatable bonds is 7. The van der Waals surface area contributed by atoms with Gasteiger partial charge in [-0.05, 0) is 74.4 Å². The third kappa shape index (κ3) is 5.10. The lowest BCUT2D eigenvalue weighted by Crippen LogP contribution is -2.20. The van der Waals surface area contributed by atoms with E-state index in [1.807, 2.05) is 51.1 Å². The number of nitrogens with zero attached hydrogens (tertiary/aromatic N) is 3. The maximum absolute atomic E-state index is 13.5. The van der Waals surface area contributed by atoms with E-state index in [0.717, 1.165) is 11.1 Å². The Morgan fingerprint density at radius 3 is 2.50 bits per heavy atom. The van der Waals surface area contributed by atoms with Crippen molar-refractivity contribution in [3.8, 4) is 23.4 Å². The minimum Gasteiger partial charge on any atom is -0.494 e. The van der Waals surface area contributed by atoms with Crippen LogP contribution in [0.2, 0.25) is 0 Å². The van der Waals surface area contributed by atoms with E-state index in [1.54, 1.807) is 42.6 Å². The van der Waals surface area contributed by atoms with Crippen molar-refractivity contribution in [1.29, 1.82) is 5.26 Å². The molecule has 8 nitrogen and oxygen atoms in total. The lowest BCUT2D eigenvalue weighted by molar-refractivity contribution is -0.112. The van der Waals surface area contributed by atoms with Crippen LogP contribution in [0.5, 0.6) is 17.4 Å². The van der Waals surface area contributed by atoms with Gasteiger partial charge in [0.05, 0.1) is 6.61 Å². The zero-order valence-electron chi connectivity index (χ0n) is 20.1. The number of hydrogen-bond acceptors (Lipinski definition) is 6. The molecule has 4 rings (SSSR count). The summed E-state index contributed by atoms with van der Waals surface area (Å²) < 4.78 is 12.8.